The van der Waals surface area contributed by atoms with Gasteiger partial charge in [-0.3, -0.25) is 0 Å². The van der Waals surface area contributed by atoms with E-state index in [1.54, 1.807) is 14.2 Å². The number of hydrogen-bond acceptors (Lipinski definition) is 5. The largest absolute Gasteiger partial charge is 0.493 e. The Kier molecular flexibility index (Phi) is 7.77. The van der Waals surface area contributed by atoms with E-state index in [0.717, 1.165) is 13.1 Å². The number of nitrogens with one attached hydrogen (secondary N) is 1. The molecule has 0 amide bonds. The maximum atomic E-state index is 5.66. The van der Waals surface area contributed by atoms with Crippen LogP contribution < -0.4 is 19.5 Å². The number of para-hydroxylation sites is 1. The van der Waals surface area contributed by atoms with E-state index in [-0.39, 0.29) is 0 Å². The maximum Gasteiger partial charge on any atom is 0.203 e. The van der Waals surface area contributed by atoms with Crippen molar-refractivity contribution in [2.45, 2.75) is 6.92 Å². The Bertz CT molecular complexity index is 335. The molecule has 0 fully saturated rings. The van der Waals surface area contributed by atoms with E-state index in [0.29, 0.717) is 37.1 Å². The minimum Gasteiger partial charge on any atom is -0.493 e. The third kappa shape index (κ3) is 5.36. The van der Waals surface area contributed by atoms with Gasteiger partial charge in [-0.05, 0) is 18.7 Å². The Hall–Kier alpha value is -1.46. The Morgan fingerprint density at radius 3 is 2.26 bits per heavy atom. The standard InChI is InChI=1S/C14H23NO4/c1-4-15-8-9-18-10-11-19-14-12(16-2)6-5-7-13(14)17-3/h5-7,15H,4,8-11H2,1-3H3. The van der Waals surface area contributed by atoms with Crippen molar-refractivity contribution in [1.29, 1.82) is 0 Å². The lowest BCUT2D eigenvalue weighted by atomic mass is 10.3. The molecule has 108 valence electrons. The second-order valence-corrected chi connectivity index (χ2v) is 3.81. The monoisotopic (exact) mass is 269 g/mol. The van der Waals surface area contributed by atoms with E-state index < -0.39 is 0 Å². The number of benzene rings is 1. The molecule has 1 rings (SSSR count). The van der Waals surface area contributed by atoms with E-state index in [9.17, 15) is 0 Å². The molecule has 0 unspecified atom stereocenters. The maximum absolute atomic E-state index is 5.66. The Morgan fingerprint density at radius 2 is 1.68 bits per heavy atom. The van der Waals surface area contributed by atoms with Gasteiger partial charge in [-0.25, -0.2) is 0 Å². The van der Waals surface area contributed by atoms with Crippen molar-refractivity contribution in [1.82, 2.24) is 5.32 Å². The highest BCUT2D eigenvalue weighted by Crippen LogP contribution is 2.36. The Morgan fingerprint density at radius 1 is 1.00 bits per heavy atom. The lowest BCUT2D eigenvalue weighted by Crippen LogP contribution is -2.20. The third-order valence-electron chi connectivity index (χ3n) is 2.53. The number of likely N-dealkylation sites (N-methyl/N-ethyl adjacent to an activating group) is 1. The molecule has 1 aromatic rings. The van der Waals surface area contributed by atoms with Gasteiger partial charge < -0.3 is 24.3 Å². The second kappa shape index (κ2) is 9.47. The first-order valence-electron chi connectivity index (χ1n) is 6.45. The van der Waals surface area contributed by atoms with Crippen molar-refractivity contribution in [3.05, 3.63) is 18.2 Å². The summed E-state index contributed by atoms with van der Waals surface area (Å²) in [7, 11) is 3.21. The van der Waals surface area contributed by atoms with Crippen LogP contribution in [-0.2, 0) is 4.74 Å². The normalized spacial score (nSPS) is 10.3. The van der Waals surface area contributed by atoms with E-state index in [4.69, 9.17) is 18.9 Å². The number of rotatable bonds is 10. The van der Waals surface area contributed by atoms with Crippen molar-refractivity contribution in [3.8, 4) is 17.2 Å². The predicted molar refractivity (Wildman–Crippen MR) is 74.4 cm³/mol. The number of ether oxygens (including phenoxy) is 4. The van der Waals surface area contributed by atoms with Crippen molar-refractivity contribution >= 4 is 0 Å². The van der Waals surface area contributed by atoms with Gasteiger partial charge in [0.25, 0.3) is 0 Å². The minimum absolute atomic E-state index is 0.461. The van der Waals surface area contributed by atoms with Crippen molar-refractivity contribution in [2.24, 2.45) is 0 Å². The summed E-state index contributed by atoms with van der Waals surface area (Å²) >= 11 is 0. The summed E-state index contributed by atoms with van der Waals surface area (Å²) in [4.78, 5) is 0. The fraction of sp³-hybridized carbons (Fsp3) is 0.571. The molecule has 0 aliphatic rings. The van der Waals surface area contributed by atoms with Crippen molar-refractivity contribution < 1.29 is 18.9 Å². The predicted octanol–water partition coefficient (Wildman–Crippen LogP) is 1.71. The van der Waals surface area contributed by atoms with Gasteiger partial charge in [-0.15, -0.1) is 0 Å². The van der Waals surface area contributed by atoms with Gasteiger partial charge in [-0.2, -0.15) is 0 Å². The summed E-state index contributed by atoms with van der Waals surface area (Å²) < 4.78 is 21.6. The molecular formula is C14H23NO4. The topological polar surface area (TPSA) is 49.0 Å². The van der Waals surface area contributed by atoms with Crippen LogP contribution in [0.1, 0.15) is 6.92 Å². The van der Waals surface area contributed by atoms with Gasteiger partial charge in [0.15, 0.2) is 11.5 Å². The molecule has 0 aromatic heterocycles. The summed E-state index contributed by atoms with van der Waals surface area (Å²) in [6.07, 6.45) is 0. The van der Waals surface area contributed by atoms with Crippen molar-refractivity contribution in [3.63, 3.8) is 0 Å². The summed E-state index contributed by atoms with van der Waals surface area (Å²) in [5.41, 5.74) is 0. The smallest absolute Gasteiger partial charge is 0.203 e. The molecule has 5 heteroatoms. The highest BCUT2D eigenvalue weighted by molar-refractivity contribution is 5.51. The molecular weight excluding hydrogens is 246 g/mol. The fourth-order valence-corrected chi connectivity index (χ4v) is 1.59. The number of hydrogen-bond donors (Lipinski definition) is 1. The SMILES string of the molecule is CCNCCOCCOc1c(OC)cccc1OC. The van der Waals surface area contributed by atoms with Gasteiger partial charge >= 0.3 is 0 Å². The quantitative estimate of drug-likeness (QED) is 0.655. The molecule has 1 aromatic carbocycles. The Labute approximate surface area is 114 Å². The zero-order chi connectivity index (χ0) is 13.9. The van der Waals surface area contributed by atoms with Crippen LogP contribution >= 0.6 is 0 Å². The van der Waals surface area contributed by atoms with Crippen molar-refractivity contribution in [2.75, 3.05) is 47.1 Å². The first-order valence-corrected chi connectivity index (χ1v) is 6.45. The fourth-order valence-electron chi connectivity index (χ4n) is 1.59. The van der Waals surface area contributed by atoms with Gasteiger partial charge in [0.2, 0.25) is 5.75 Å². The van der Waals surface area contributed by atoms with Crippen LogP contribution in [0.3, 0.4) is 0 Å². The molecule has 5 nitrogen and oxygen atoms in total. The molecule has 19 heavy (non-hydrogen) atoms. The lowest BCUT2D eigenvalue weighted by Gasteiger charge is -2.14. The van der Waals surface area contributed by atoms with Crippen LogP contribution in [0, 0.1) is 0 Å². The molecule has 0 saturated carbocycles. The summed E-state index contributed by atoms with van der Waals surface area (Å²) in [6.45, 7) is 5.56. The second-order valence-electron chi connectivity index (χ2n) is 3.81. The molecule has 0 radical (unpaired) electrons. The van der Waals surface area contributed by atoms with Gasteiger partial charge in [0.1, 0.15) is 6.61 Å². The lowest BCUT2D eigenvalue weighted by molar-refractivity contribution is 0.0997. The molecule has 0 saturated heterocycles. The van der Waals surface area contributed by atoms with E-state index in [2.05, 4.69) is 12.2 Å². The zero-order valence-electron chi connectivity index (χ0n) is 11.9. The van der Waals surface area contributed by atoms with Gasteiger partial charge in [0, 0.05) is 6.54 Å². The van der Waals surface area contributed by atoms with Crippen LogP contribution in [-0.4, -0.2) is 47.1 Å². The highest BCUT2D eigenvalue weighted by Gasteiger charge is 2.10. The van der Waals surface area contributed by atoms with Gasteiger partial charge in [-0.1, -0.05) is 13.0 Å². The number of methoxy groups -OCH3 is 2. The zero-order valence-corrected chi connectivity index (χ0v) is 11.9. The third-order valence-corrected chi connectivity index (χ3v) is 2.53. The van der Waals surface area contributed by atoms with Crippen LogP contribution in [0.5, 0.6) is 17.2 Å². The van der Waals surface area contributed by atoms with E-state index in [1.807, 2.05) is 18.2 Å². The molecule has 0 aliphatic heterocycles. The average Bonchev–Trinajstić information content (AvgIpc) is 2.46. The minimum atomic E-state index is 0.461. The molecule has 0 heterocycles. The van der Waals surface area contributed by atoms with E-state index >= 15 is 0 Å². The summed E-state index contributed by atoms with van der Waals surface area (Å²) in [5.74, 6) is 1.93. The van der Waals surface area contributed by atoms with Crippen LogP contribution in [0.4, 0.5) is 0 Å². The molecule has 0 spiro atoms. The summed E-state index contributed by atoms with van der Waals surface area (Å²) in [6, 6.07) is 5.53. The van der Waals surface area contributed by atoms with E-state index in [1.165, 1.54) is 0 Å². The molecule has 0 atom stereocenters. The first-order chi connectivity index (χ1) is 9.33. The van der Waals surface area contributed by atoms with Crippen LogP contribution in [0.25, 0.3) is 0 Å². The van der Waals surface area contributed by atoms with Crippen LogP contribution in [0.2, 0.25) is 0 Å². The first kappa shape index (κ1) is 15.6. The molecule has 1 N–H and O–H groups in total. The highest BCUT2D eigenvalue weighted by atomic mass is 16.6. The average molecular weight is 269 g/mol. The molecule has 0 aliphatic carbocycles. The summed E-state index contributed by atoms with van der Waals surface area (Å²) in [5, 5.41) is 3.19. The Balaban J connectivity index is 2.35. The van der Waals surface area contributed by atoms with Crippen LogP contribution in [0.15, 0.2) is 18.2 Å². The van der Waals surface area contributed by atoms with Gasteiger partial charge in [0.05, 0.1) is 27.4 Å². The molecule has 0 bridgehead atoms.